The molecule has 0 aliphatic rings. The summed E-state index contributed by atoms with van der Waals surface area (Å²) in [5.41, 5.74) is 2.31. The highest BCUT2D eigenvalue weighted by molar-refractivity contribution is 5.92. The van der Waals surface area contributed by atoms with Crippen molar-refractivity contribution >= 4 is 22.6 Å². The van der Waals surface area contributed by atoms with E-state index in [9.17, 15) is 4.79 Å². The molecule has 0 aliphatic heterocycles. The van der Waals surface area contributed by atoms with Gasteiger partial charge in [-0.3, -0.25) is 0 Å². The minimum atomic E-state index is -1.09. The zero-order valence-corrected chi connectivity index (χ0v) is 14.7. The predicted octanol–water partition coefficient (Wildman–Crippen LogP) is 3.77. The summed E-state index contributed by atoms with van der Waals surface area (Å²) in [6, 6.07) is 10.6. The molecule has 0 saturated carbocycles. The molecule has 26 heavy (non-hydrogen) atoms. The maximum absolute atomic E-state index is 11.0. The minimum Gasteiger partial charge on any atom is -0.493 e. The molecule has 7 heteroatoms. The number of carboxylic acid groups (broad SMARTS) is 1. The van der Waals surface area contributed by atoms with Gasteiger partial charge in [-0.25, -0.2) is 4.79 Å². The number of aromatic carboxylic acids is 1. The van der Waals surface area contributed by atoms with Crippen LogP contribution >= 0.6 is 0 Å². The number of methoxy groups -OCH3 is 3. The van der Waals surface area contributed by atoms with Gasteiger partial charge >= 0.3 is 5.97 Å². The average Bonchev–Trinajstić information content (AvgIpc) is 3.09. The zero-order chi connectivity index (χ0) is 18.7. The summed E-state index contributed by atoms with van der Waals surface area (Å²) in [7, 11) is 4.70. The number of carbonyl (C=O) groups is 1. The minimum absolute atomic E-state index is 0.0817. The first-order chi connectivity index (χ1) is 12.5. The van der Waals surface area contributed by atoms with Crippen LogP contribution in [-0.2, 0) is 6.54 Å². The maximum atomic E-state index is 11.0. The lowest BCUT2D eigenvalue weighted by Gasteiger charge is -2.14. The van der Waals surface area contributed by atoms with Crippen LogP contribution in [0.4, 0.5) is 5.69 Å². The van der Waals surface area contributed by atoms with E-state index in [2.05, 4.69) is 5.32 Å². The quantitative estimate of drug-likeness (QED) is 0.665. The van der Waals surface area contributed by atoms with Crippen LogP contribution in [0, 0.1) is 0 Å². The Hall–Kier alpha value is -3.35. The Balaban J connectivity index is 1.82. The molecule has 0 aliphatic carbocycles. The van der Waals surface area contributed by atoms with E-state index in [0.717, 1.165) is 16.6 Å². The number of fused-ring (bicyclic) bond motifs is 1. The highest BCUT2D eigenvalue weighted by Crippen LogP contribution is 2.38. The third kappa shape index (κ3) is 3.37. The van der Waals surface area contributed by atoms with Crippen LogP contribution in [0.5, 0.6) is 17.2 Å². The average molecular weight is 357 g/mol. The van der Waals surface area contributed by atoms with Crippen LogP contribution < -0.4 is 19.5 Å². The Morgan fingerprint density at radius 2 is 1.73 bits per heavy atom. The third-order valence-electron chi connectivity index (χ3n) is 3.95. The van der Waals surface area contributed by atoms with Gasteiger partial charge in [-0.2, -0.15) is 0 Å². The van der Waals surface area contributed by atoms with E-state index in [1.807, 2.05) is 24.3 Å². The topological polar surface area (TPSA) is 90.2 Å². The molecule has 1 aromatic heterocycles. The van der Waals surface area contributed by atoms with Crippen LogP contribution in [0.25, 0.3) is 11.0 Å². The van der Waals surface area contributed by atoms with Gasteiger partial charge in [-0.15, -0.1) is 0 Å². The fraction of sp³-hybridized carbons (Fsp3) is 0.211. The standard InChI is InChI=1S/C19H19NO6/c1-23-15-6-11(7-16(24-2)18(15)25-3)10-20-13-4-5-14-12(8-13)9-17(26-14)19(21)22/h4-9,20H,10H2,1-3H3,(H,21,22). The van der Waals surface area contributed by atoms with Gasteiger partial charge in [-0.1, -0.05) is 0 Å². The monoisotopic (exact) mass is 357 g/mol. The van der Waals surface area contributed by atoms with Crippen LogP contribution in [0.2, 0.25) is 0 Å². The summed E-state index contributed by atoms with van der Waals surface area (Å²) in [6.07, 6.45) is 0. The maximum Gasteiger partial charge on any atom is 0.371 e. The second-order valence-corrected chi connectivity index (χ2v) is 5.56. The van der Waals surface area contributed by atoms with Gasteiger partial charge in [0.05, 0.1) is 21.3 Å². The van der Waals surface area contributed by atoms with E-state index in [4.69, 9.17) is 23.7 Å². The zero-order valence-electron chi connectivity index (χ0n) is 14.7. The lowest BCUT2D eigenvalue weighted by Crippen LogP contribution is -2.02. The molecule has 2 aromatic carbocycles. The Kier molecular flexibility index (Phi) is 4.88. The Labute approximate surface area is 150 Å². The smallest absolute Gasteiger partial charge is 0.371 e. The Bertz CT molecular complexity index is 921. The molecule has 3 rings (SSSR count). The highest BCUT2D eigenvalue weighted by atomic mass is 16.5. The lowest BCUT2D eigenvalue weighted by atomic mass is 10.1. The second-order valence-electron chi connectivity index (χ2n) is 5.56. The number of benzene rings is 2. The van der Waals surface area contributed by atoms with Crippen molar-refractivity contribution in [3.8, 4) is 17.2 Å². The molecular formula is C19H19NO6. The summed E-state index contributed by atoms with van der Waals surface area (Å²) < 4.78 is 21.3. The number of carboxylic acids is 1. The van der Waals surface area contributed by atoms with E-state index in [1.165, 1.54) is 6.07 Å². The van der Waals surface area contributed by atoms with Gasteiger partial charge in [0.1, 0.15) is 5.58 Å². The fourth-order valence-electron chi connectivity index (χ4n) is 2.70. The molecule has 7 nitrogen and oxygen atoms in total. The summed E-state index contributed by atoms with van der Waals surface area (Å²) >= 11 is 0. The van der Waals surface area contributed by atoms with Gasteiger partial charge < -0.3 is 29.1 Å². The van der Waals surface area contributed by atoms with Crippen molar-refractivity contribution in [3.63, 3.8) is 0 Å². The summed E-state index contributed by atoms with van der Waals surface area (Å²) in [5, 5.41) is 13.0. The molecule has 2 N–H and O–H groups in total. The Morgan fingerprint density at radius 1 is 1.04 bits per heavy atom. The van der Waals surface area contributed by atoms with Gasteiger partial charge in [-0.05, 0) is 42.0 Å². The van der Waals surface area contributed by atoms with E-state index in [-0.39, 0.29) is 5.76 Å². The molecule has 0 atom stereocenters. The van der Waals surface area contributed by atoms with Gasteiger partial charge in [0.15, 0.2) is 11.5 Å². The van der Waals surface area contributed by atoms with Crippen LogP contribution in [-0.4, -0.2) is 32.4 Å². The van der Waals surface area contributed by atoms with Crippen molar-refractivity contribution in [3.05, 3.63) is 47.7 Å². The molecule has 0 amide bonds. The molecule has 0 saturated heterocycles. The number of hydrogen-bond donors (Lipinski definition) is 2. The first kappa shape index (κ1) is 17.5. The number of ether oxygens (including phenoxy) is 3. The lowest BCUT2D eigenvalue weighted by molar-refractivity contribution is 0.0665. The number of anilines is 1. The Morgan fingerprint density at radius 3 is 2.31 bits per heavy atom. The van der Waals surface area contributed by atoms with E-state index < -0.39 is 5.97 Å². The van der Waals surface area contributed by atoms with Crippen molar-refractivity contribution in [2.45, 2.75) is 6.54 Å². The van der Waals surface area contributed by atoms with Crippen LogP contribution in [0.1, 0.15) is 16.1 Å². The van der Waals surface area contributed by atoms with Crippen LogP contribution in [0.3, 0.4) is 0 Å². The van der Waals surface area contributed by atoms with E-state index in [1.54, 1.807) is 27.4 Å². The number of hydrogen-bond acceptors (Lipinski definition) is 6. The SMILES string of the molecule is COc1cc(CNc2ccc3oc(C(=O)O)cc3c2)cc(OC)c1OC. The molecule has 3 aromatic rings. The predicted molar refractivity (Wildman–Crippen MR) is 96.6 cm³/mol. The fourth-order valence-corrected chi connectivity index (χ4v) is 2.70. The second kappa shape index (κ2) is 7.26. The number of rotatable bonds is 7. The number of nitrogens with one attached hydrogen (secondary N) is 1. The third-order valence-corrected chi connectivity index (χ3v) is 3.95. The largest absolute Gasteiger partial charge is 0.493 e. The molecule has 1 heterocycles. The molecule has 0 fully saturated rings. The van der Waals surface area contributed by atoms with Gasteiger partial charge in [0.25, 0.3) is 0 Å². The normalized spacial score (nSPS) is 10.6. The van der Waals surface area contributed by atoms with Crippen LogP contribution in [0.15, 0.2) is 40.8 Å². The highest BCUT2D eigenvalue weighted by Gasteiger charge is 2.14. The van der Waals surface area contributed by atoms with Crippen molar-refractivity contribution in [1.82, 2.24) is 0 Å². The van der Waals surface area contributed by atoms with Gasteiger partial charge in [0.2, 0.25) is 11.5 Å². The van der Waals surface area contributed by atoms with E-state index >= 15 is 0 Å². The van der Waals surface area contributed by atoms with Crippen molar-refractivity contribution < 1.29 is 28.5 Å². The summed E-state index contributed by atoms with van der Waals surface area (Å²) in [5.74, 6) is 0.537. The summed E-state index contributed by atoms with van der Waals surface area (Å²) in [6.45, 7) is 0.520. The van der Waals surface area contributed by atoms with Crippen molar-refractivity contribution in [1.29, 1.82) is 0 Å². The first-order valence-electron chi connectivity index (χ1n) is 7.85. The first-order valence-corrected chi connectivity index (χ1v) is 7.85. The van der Waals surface area contributed by atoms with Crippen molar-refractivity contribution in [2.75, 3.05) is 26.6 Å². The molecule has 0 bridgehead atoms. The van der Waals surface area contributed by atoms with Crippen molar-refractivity contribution in [2.24, 2.45) is 0 Å². The summed E-state index contributed by atoms with van der Waals surface area (Å²) in [4.78, 5) is 11.0. The molecule has 0 unspecified atom stereocenters. The molecular weight excluding hydrogens is 338 g/mol. The molecule has 136 valence electrons. The van der Waals surface area contributed by atoms with E-state index in [0.29, 0.717) is 29.4 Å². The van der Waals surface area contributed by atoms with Gasteiger partial charge in [0, 0.05) is 17.6 Å². The number of furan rings is 1. The molecule has 0 spiro atoms. The molecule has 0 radical (unpaired) electrons.